The summed E-state index contributed by atoms with van der Waals surface area (Å²) in [7, 11) is 1.57. The second-order valence-electron chi connectivity index (χ2n) is 6.03. The number of carbonyl (C=O) groups excluding carboxylic acids is 1. The van der Waals surface area contributed by atoms with Crippen LogP contribution >= 0.6 is 0 Å². The van der Waals surface area contributed by atoms with Crippen LogP contribution in [0.15, 0.2) is 66.4 Å². The van der Waals surface area contributed by atoms with Crippen molar-refractivity contribution in [1.82, 2.24) is 4.90 Å². The molecular formula is C21H23N3O2. The first-order valence-corrected chi connectivity index (χ1v) is 8.41. The van der Waals surface area contributed by atoms with Gasteiger partial charge in [0.1, 0.15) is 17.4 Å². The molecule has 2 rings (SSSR count). The molecule has 0 radical (unpaired) electrons. The van der Waals surface area contributed by atoms with E-state index >= 15 is 0 Å². The second kappa shape index (κ2) is 9.28. The molecule has 0 aliphatic carbocycles. The number of nitriles is 1. The average molecular weight is 349 g/mol. The van der Waals surface area contributed by atoms with Crippen LogP contribution in [0.5, 0.6) is 5.75 Å². The number of nitrogens with one attached hydrogen (secondary N) is 1. The summed E-state index contributed by atoms with van der Waals surface area (Å²) in [6, 6.07) is 19.0. The van der Waals surface area contributed by atoms with Gasteiger partial charge in [-0.05, 0) is 31.5 Å². The third kappa shape index (κ3) is 4.87. The van der Waals surface area contributed by atoms with Crippen LogP contribution < -0.4 is 10.1 Å². The molecule has 0 atom stereocenters. The highest BCUT2D eigenvalue weighted by Crippen LogP contribution is 2.23. The molecule has 1 amide bonds. The lowest BCUT2D eigenvalue weighted by atomic mass is 10.1. The Morgan fingerprint density at radius 1 is 1.19 bits per heavy atom. The van der Waals surface area contributed by atoms with Gasteiger partial charge in [0.05, 0.1) is 12.8 Å². The molecule has 2 aromatic rings. The van der Waals surface area contributed by atoms with Crippen LogP contribution in [0.1, 0.15) is 19.4 Å². The van der Waals surface area contributed by atoms with Crippen LogP contribution in [0.3, 0.4) is 0 Å². The summed E-state index contributed by atoms with van der Waals surface area (Å²) in [6.07, 6.45) is 1.43. The number of benzene rings is 2. The fourth-order valence-corrected chi connectivity index (χ4v) is 2.48. The standard InChI is InChI=1S/C21H23N3O2/c1-16(2)24(15-17-9-5-4-6-10-17)21(25)18(13-22)14-23-19-11-7-8-12-20(19)26-3/h4-12,14,16,23H,15H2,1-3H3/b18-14-. The van der Waals surface area contributed by atoms with Crippen LogP contribution in [-0.4, -0.2) is 24.0 Å². The summed E-state index contributed by atoms with van der Waals surface area (Å²) in [5.74, 6) is 0.326. The van der Waals surface area contributed by atoms with E-state index in [2.05, 4.69) is 5.32 Å². The van der Waals surface area contributed by atoms with Gasteiger partial charge >= 0.3 is 0 Å². The minimum atomic E-state index is -0.311. The van der Waals surface area contributed by atoms with E-state index in [9.17, 15) is 10.1 Å². The SMILES string of the molecule is COc1ccccc1N/C=C(/C#N)C(=O)N(Cc1ccccc1)C(C)C. The van der Waals surface area contributed by atoms with Gasteiger partial charge in [0.25, 0.3) is 5.91 Å². The number of carbonyl (C=O) groups is 1. The van der Waals surface area contributed by atoms with Gasteiger partial charge in [0, 0.05) is 18.8 Å². The van der Waals surface area contributed by atoms with Crippen LogP contribution in [-0.2, 0) is 11.3 Å². The molecule has 2 aromatic carbocycles. The van der Waals surface area contributed by atoms with E-state index in [4.69, 9.17) is 4.74 Å². The van der Waals surface area contributed by atoms with Crippen LogP contribution in [0.4, 0.5) is 5.69 Å². The van der Waals surface area contributed by atoms with Crippen LogP contribution in [0.2, 0.25) is 0 Å². The van der Waals surface area contributed by atoms with Gasteiger partial charge in [-0.15, -0.1) is 0 Å². The first-order valence-electron chi connectivity index (χ1n) is 8.41. The summed E-state index contributed by atoms with van der Waals surface area (Å²) < 4.78 is 5.27. The average Bonchev–Trinajstić information content (AvgIpc) is 2.67. The summed E-state index contributed by atoms with van der Waals surface area (Å²) in [6.45, 7) is 4.32. The van der Waals surface area contributed by atoms with Gasteiger partial charge in [-0.2, -0.15) is 5.26 Å². The largest absolute Gasteiger partial charge is 0.495 e. The number of hydrogen-bond donors (Lipinski definition) is 1. The molecule has 0 aliphatic heterocycles. The van der Waals surface area contributed by atoms with E-state index in [1.807, 2.05) is 68.4 Å². The molecule has 0 bridgehead atoms. The lowest BCUT2D eigenvalue weighted by molar-refractivity contribution is -0.129. The molecule has 0 unspecified atom stereocenters. The summed E-state index contributed by atoms with van der Waals surface area (Å²) >= 11 is 0. The highest BCUT2D eigenvalue weighted by Gasteiger charge is 2.21. The normalized spacial score (nSPS) is 11.0. The maximum atomic E-state index is 12.9. The van der Waals surface area contributed by atoms with E-state index in [0.717, 1.165) is 5.56 Å². The molecule has 1 N–H and O–H groups in total. The Kier molecular flexibility index (Phi) is 6.81. The zero-order valence-corrected chi connectivity index (χ0v) is 15.3. The molecule has 0 heterocycles. The molecule has 0 aliphatic rings. The number of anilines is 1. The zero-order chi connectivity index (χ0) is 18.9. The minimum absolute atomic E-state index is 0.0364. The molecule has 0 spiro atoms. The van der Waals surface area contributed by atoms with Crippen molar-refractivity contribution in [3.63, 3.8) is 0 Å². The maximum Gasteiger partial charge on any atom is 0.266 e. The Morgan fingerprint density at radius 3 is 2.46 bits per heavy atom. The van der Waals surface area contributed by atoms with Crippen molar-refractivity contribution in [3.05, 3.63) is 71.9 Å². The molecule has 5 heteroatoms. The Labute approximate surface area is 154 Å². The number of methoxy groups -OCH3 is 1. The first-order chi connectivity index (χ1) is 12.6. The van der Waals surface area contributed by atoms with Crippen molar-refractivity contribution < 1.29 is 9.53 Å². The fourth-order valence-electron chi connectivity index (χ4n) is 2.48. The predicted molar refractivity (Wildman–Crippen MR) is 102 cm³/mol. The van der Waals surface area contributed by atoms with Gasteiger partial charge in [0.15, 0.2) is 0 Å². The molecule has 0 fully saturated rings. The topological polar surface area (TPSA) is 65.4 Å². The van der Waals surface area contributed by atoms with Crippen molar-refractivity contribution in [3.8, 4) is 11.8 Å². The highest BCUT2D eigenvalue weighted by atomic mass is 16.5. The van der Waals surface area contributed by atoms with Gasteiger partial charge in [0.2, 0.25) is 0 Å². The molecule has 0 saturated carbocycles. The van der Waals surface area contributed by atoms with E-state index < -0.39 is 0 Å². The summed E-state index contributed by atoms with van der Waals surface area (Å²) in [5.41, 5.74) is 1.75. The smallest absolute Gasteiger partial charge is 0.266 e. The monoisotopic (exact) mass is 349 g/mol. The van der Waals surface area contributed by atoms with E-state index in [1.54, 1.807) is 18.1 Å². The Balaban J connectivity index is 2.20. The fraction of sp³-hybridized carbons (Fsp3) is 0.238. The summed E-state index contributed by atoms with van der Waals surface area (Å²) in [5, 5.41) is 12.5. The molecular weight excluding hydrogens is 326 g/mol. The Hall–Kier alpha value is -3.26. The lowest BCUT2D eigenvalue weighted by Crippen LogP contribution is -2.37. The van der Waals surface area contributed by atoms with Crippen LogP contribution in [0, 0.1) is 11.3 Å². The minimum Gasteiger partial charge on any atom is -0.495 e. The molecule has 26 heavy (non-hydrogen) atoms. The second-order valence-corrected chi connectivity index (χ2v) is 6.03. The van der Waals surface area contributed by atoms with Crippen molar-refractivity contribution >= 4 is 11.6 Å². The maximum absolute atomic E-state index is 12.9. The Morgan fingerprint density at radius 2 is 1.85 bits per heavy atom. The highest BCUT2D eigenvalue weighted by molar-refractivity contribution is 5.97. The zero-order valence-electron chi connectivity index (χ0n) is 15.3. The third-order valence-electron chi connectivity index (χ3n) is 3.91. The number of rotatable bonds is 7. The van der Waals surface area contributed by atoms with Gasteiger partial charge in [-0.1, -0.05) is 42.5 Å². The van der Waals surface area contributed by atoms with Crippen molar-refractivity contribution in [2.75, 3.05) is 12.4 Å². The van der Waals surface area contributed by atoms with Crippen molar-refractivity contribution in [1.29, 1.82) is 5.26 Å². The Bertz CT molecular complexity index is 808. The lowest BCUT2D eigenvalue weighted by Gasteiger charge is -2.26. The quantitative estimate of drug-likeness (QED) is 0.607. The molecule has 134 valence electrons. The van der Waals surface area contributed by atoms with E-state index in [0.29, 0.717) is 18.0 Å². The summed E-state index contributed by atoms with van der Waals surface area (Å²) in [4.78, 5) is 14.5. The molecule has 0 saturated heterocycles. The number of nitrogens with zero attached hydrogens (tertiary/aromatic N) is 2. The van der Waals surface area contributed by atoms with Crippen LogP contribution in [0.25, 0.3) is 0 Å². The number of para-hydroxylation sites is 2. The number of amides is 1. The van der Waals surface area contributed by atoms with E-state index in [-0.39, 0.29) is 17.5 Å². The number of hydrogen-bond acceptors (Lipinski definition) is 4. The molecule has 5 nitrogen and oxygen atoms in total. The van der Waals surface area contributed by atoms with Crippen molar-refractivity contribution in [2.24, 2.45) is 0 Å². The predicted octanol–water partition coefficient (Wildman–Crippen LogP) is 3.95. The van der Waals surface area contributed by atoms with E-state index in [1.165, 1.54) is 6.20 Å². The van der Waals surface area contributed by atoms with Crippen molar-refractivity contribution in [2.45, 2.75) is 26.4 Å². The first kappa shape index (κ1) is 19.1. The van der Waals surface area contributed by atoms with Gasteiger partial charge < -0.3 is 15.0 Å². The third-order valence-corrected chi connectivity index (χ3v) is 3.91. The molecule has 0 aromatic heterocycles. The van der Waals surface area contributed by atoms with Gasteiger partial charge in [-0.3, -0.25) is 4.79 Å². The number of ether oxygens (including phenoxy) is 1. The van der Waals surface area contributed by atoms with Gasteiger partial charge in [-0.25, -0.2) is 0 Å².